The fourth-order valence-electron chi connectivity index (χ4n) is 3.27. The van der Waals surface area contributed by atoms with Gasteiger partial charge >= 0.3 is 0 Å². The number of nitrogens with one attached hydrogen (secondary N) is 1. The Morgan fingerprint density at radius 3 is 2.06 bits per heavy atom. The van der Waals surface area contributed by atoms with Gasteiger partial charge in [0, 0.05) is 38.5 Å². The monoisotopic (exact) mass is 499 g/mol. The Labute approximate surface area is 204 Å². The van der Waals surface area contributed by atoms with Gasteiger partial charge in [-0.2, -0.15) is 0 Å². The number of amides is 1. The molecule has 9 nitrogen and oxygen atoms in total. The molecular weight excluding hydrogens is 474 g/mol. The normalized spacial score (nSPS) is 11.1. The van der Waals surface area contributed by atoms with Gasteiger partial charge in [0.05, 0.1) is 18.9 Å². The van der Waals surface area contributed by atoms with E-state index in [-0.39, 0.29) is 11.7 Å². The number of carbonyl (C=O) groups is 2. The summed E-state index contributed by atoms with van der Waals surface area (Å²) in [7, 11) is 0. The van der Waals surface area contributed by atoms with Crippen LogP contribution >= 0.6 is 22.7 Å². The SMILES string of the molecule is O=C(CCc1ccco1)Cc1nnc(CCCCc2nnc(NC(=O)CCc3ccco3)s2)s1. The van der Waals surface area contributed by atoms with Gasteiger partial charge in [-0.1, -0.05) is 11.3 Å². The number of furan rings is 2. The standard InChI is InChI=1S/C23H25N5O4S2/c29-16(9-10-17-5-3-13-31-17)15-22-27-25-20(33-22)7-1-2-8-21-26-28-23(34-21)24-19(30)12-11-18-6-4-14-32-18/h3-6,13-14H,1-2,7-12,15H2,(H,24,28,30). The first-order valence-electron chi connectivity index (χ1n) is 11.1. The van der Waals surface area contributed by atoms with E-state index in [2.05, 4.69) is 25.7 Å². The van der Waals surface area contributed by atoms with Crippen LogP contribution in [0.1, 0.15) is 52.2 Å². The molecule has 4 aromatic heterocycles. The number of ketones is 1. The molecule has 0 aliphatic heterocycles. The molecule has 4 heterocycles. The lowest BCUT2D eigenvalue weighted by Gasteiger charge is -1.99. The van der Waals surface area contributed by atoms with E-state index in [1.165, 1.54) is 22.7 Å². The molecule has 0 radical (unpaired) electrons. The highest BCUT2D eigenvalue weighted by molar-refractivity contribution is 7.15. The first kappa shape index (κ1) is 24.0. The Bertz CT molecular complexity index is 1080. The summed E-state index contributed by atoms with van der Waals surface area (Å²) in [6, 6.07) is 7.35. The highest BCUT2D eigenvalue weighted by Crippen LogP contribution is 2.19. The zero-order chi connectivity index (χ0) is 23.6. The summed E-state index contributed by atoms with van der Waals surface area (Å²) in [6.07, 6.45) is 8.94. The first-order chi connectivity index (χ1) is 16.6. The summed E-state index contributed by atoms with van der Waals surface area (Å²) in [5.41, 5.74) is 0. The highest BCUT2D eigenvalue weighted by Gasteiger charge is 2.12. The summed E-state index contributed by atoms with van der Waals surface area (Å²) in [5.74, 6) is 1.64. The Balaban J connectivity index is 1.11. The second kappa shape index (κ2) is 12.3. The largest absolute Gasteiger partial charge is 0.469 e. The molecule has 1 N–H and O–H groups in total. The molecular formula is C23H25N5O4S2. The number of carbonyl (C=O) groups excluding carboxylic acids is 2. The van der Waals surface area contributed by atoms with Crippen LogP contribution in [0.4, 0.5) is 5.13 Å². The summed E-state index contributed by atoms with van der Waals surface area (Å²) in [6.45, 7) is 0. The molecule has 178 valence electrons. The van der Waals surface area contributed by atoms with Crippen LogP contribution in [0.15, 0.2) is 45.6 Å². The average molecular weight is 500 g/mol. The summed E-state index contributed by atoms with van der Waals surface area (Å²) in [4.78, 5) is 24.2. The Hall–Kier alpha value is -3.18. The average Bonchev–Trinajstić information content (AvgIpc) is 3.63. The Morgan fingerprint density at radius 1 is 0.765 bits per heavy atom. The van der Waals surface area contributed by atoms with Crippen LogP contribution in [-0.2, 0) is 41.7 Å². The van der Waals surface area contributed by atoms with E-state index in [4.69, 9.17) is 8.83 Å². The highest BCUT2D eigenvalue weighted by atomic mass is 32.1. The molecule has 1 amide bonds. The van der Waals surface area contributed by atoms with Crippen molar-refractivity contribution < 1.29 is 18.4 Å². The van der Waals surface area contributed by atoms with Gasteiger partial charge in [0.25, 0.3) is 0 Å². The molecule has 0 aliphatic carbocycles. The fourth-order valence-corrected chi connectivity index (χ4v) is 4.98. The van der Waals surface area contributed by atoms with Crippen LogP contribution in [0.25, 0.3) is 0 Å². The fraction of sp³-hybridized carbons (Fsp3) is 0.391. The Kier molecular flexibility index (Phi) is 8.69. The molecule has 0 bridgehead atoms. The molecule has 0 fully saturated rings. The van der Waals surface area contributed by atoms with E-state index in [0.29, 0.717) is 37.2 Å². The lowest BCUT2D eigenvalue weighted by Crippen LogP contribution is -2.11. The van der Waals surface area contributed by atoms with Crippen molar-refractivity contribution in [2.75, 3.05) is 5.32 Å². The van der Waals surface area contributed by atoms with Gasteiger partial charge in [0.2, 0.25) is 11.0 Å². The van der Waals surface area contributed by atoms with E-state index in [0.717, 1.165) is 52.2 Å². The number of aryl methyl sites for hydroxylation is 4. The van der Waals surface area contributed by atoms with Crippen molar-refractivity contribution in [3.05, 3.63) is 63.3 Å². The lowest BCUT2D eigenvalue weighted by molar-refractivity contribution is -0.118. The number of Topliss-reactive ketones (excluding diaryl/α,β-unsaturated/α-hetero) is 1. The van der Waals surface area contributed by atoms with Gasteiger partial charge < -0.3 is 14.2 Å². The number of unbranched alkanes of at least 4 members (excludes halogenated alkanes) is 1. The van der Waals surface area contributed by atoms with Crippen molar-refractivity contribution in [2.45, 2.75) is 57.8 Å². The quantitative estimate of drug-likeness (QED) is 0.252. The predicted octanol–water partition coefficient (Wildman–Crippen LogP) is 4.46. The lowest BCUT2D eigenvalue weighted by atomic mass is 10.1. The molecule has 34 heavy (non-hydrogen) atoms. The minimum Gasteiger partial charge on any atom is -0.469 e. The summed E-state index contributed by atoms with van der Waals surface area (Å²) >= 11 is 2.90. The third kappa shape index (κ3) is 7.70. The van der Waals surface area contributed by atoms with E-state index < -0.39 is 0 Å². The van der Waals surface area contributed by atoms with Gasteiger partial charge in [-0.05, 0) is 37.1 Å². The molecule has 0 spiro atoms. The molecule has 0 aromatic carbocycles. The molecule has 4 aromatic rings. The van der Waals surface area contributed by atoms with Crippen molar-refractivity contribution in [3.8, 4) is 0 Å². The van der Waals surface area contributed by atoms with Crippen molar-refractivity contribution in [2.24, 2.45) is 0 Å². The van der Waals surface area contributed by atoms with Crippen molar-refractivity contribution in [3.63, 3.8) is 0 Å². The third-order valence-corrected chi connectivity index (χ3v) is 6.89. The minimum atomic E-state index is -0.106. The van der Waals surface area contributed by atoms with E-state index in [1.807, 2.05) is 18.2 Å². The maximum atomic E-state index is 12.1. The van der Waals surface area contributed by atoms with E-state index in [9.17, 15) is 9.59 Å². The Morgan fingerprint density at radius 2 is 1.38 bits per heavy atom. The third-order valence-electron chi connectivity index (χ3n) is 5.01. The maximum Gasteiger partial charge on any atom is 0.226 e. The van der Waals surface area contributed by atoms with E-state index in [1.54, 1.807) is 18.6 Å². The van der Waals surface area contributed by atoms with E-state index >= 15 is 0 Å². The number of nitrogens with zero attached hydrogens (tertiary/aromatic N) is 4. The summed E-state index contributed by atoms with van der Waals surface area (Å²) in [5, 5.41) is 22.5. The number of rotatable bonds is 14. The molecule has 0 unspecified atom stereocenters. The molecule has 4 rings (SSSR count). The second-order valence-electron chi connectivity index (χ2n) is 7.72. The van der Waals surface area contributed by atoms with Gasteiger partial charge in [-0.3, -0.25) is 9.59 Å². The van der Waals surface area contributed by atoms with Crippen molar-refractivity contribution in [1.82, 2.24) is 20.4 Å². The van der Waals surface area contributed by atoms with Gasteiger partial charge in [0.1, 0.15) is 32.3 Å². The minimum absolute atomic E-state index is 0.106. The molecule has 0 aliphatic rings. The first-order valence-corrected chi connectivity index (χ1v) is 12.8. The summed E-state index contributed by atoms with van der Waals surface area (Å²) < 4.78 is 10.5. The van der Waals surface area contributed by atoms with Gasteiger partial charge in [0.15, 0.2) is 0 Å². The molecule has 0 atom stereocenters. The topological polar surface area (TPSA) is 124 Å². The molecule has 0 saturated carbocycles. The van der Waals surface area contributed by atoms with Gasteiger partial charge in [-0.15, -0.1) is 31.7 Å². The van der Waals surface area contributed by atoms with Crippen molar-refractivity contribution >= 4 is 39.5 Å². The van der Waals surface area contributed by atoms with Crippen molar-refractivity contribution in [1.29, 1.82) is 0 Å². The number of hydrogen-bond acceptors (Lipinski definition) is 10. The van der Waals surface area contributed by atoms with Crippen LogP contribution in [-0.4, -0.2) is 32.1 Å². The van der Waals surface area contributed by atoms with Crippen LogP contribution in [0.3, 0.4) is 0 Å². The number of anilines is 1. The molecule has 11 heteroatoms. The van der Waals surface area contributed by atoms with Crippen LogP contribution in [0.5, 0.6) is 0 Å². The number of aromatic nitrogens is 4. The van der Waals surface area contributed by atoms with Crippen LogP contribution in [0.2, 0.25) is 0 Å². The predicted molar refractivity (Wildman–Crippen MR) is 128 cm³/mol. The maximum absolute atomic E-state index is 12.1. The zero-order valence-corrected chi connectivity index (χ0v) is 20.2. The smallest absolute Gasteiger partial charge is 0.226 e. The number of hydrogen-bond donors (Lipinski definition) is 1. The van der Waals surface area contributed by atoms with Crippen LogP contribution in [0, 0.1) is 0 Å². The van der Waals surface area contributed by atoms with Gasteiger partial charge in [-0.25, -0.2) is 0 Å². The second-order valence-corrected chi connectivity index (χ2v) is 9.93. The molecule has 0 saturated heterocycles. The zero-order valence-electron chi connectivity index (χ0n) is 18.6. The van der Waals surface area contributed by atoms with Crippen LogP contribution < -0.4 is 5.32 Å².